The molecule has 0 radical (unpaired) electrons. The molecule has 3 N–H and O–H groups in total. The van der Waals surface area contributed by atoms with Gasteiger partial charge >= 0.3 is 0 Å². The SMILES string of the molecule is Cc1cc(C)c(S(=O)(=O)Nc2ccc(F)c(N)c2)c(C)c1. The first kappa shape index (κ1) is 15.3. The number of nitrogens with one attached hydrogen (secondary N) is 1. The van der Waals surface area contributed by atoms with Crippen molar-refractivity contribution in [1.29, 1.82) is 0 Å². The number of rotatable bonds is 3. The summed E-state index contributed by atoms with van der Waals surface area (Å²) in [5.41, 5.74) is 7.89. The lowest BCUT2D eigenvalue weighted by Crippen LogP contribution is -2.16. The van der Waals surface area contributed by atoms with E-state index in [-0.39, 0.29) is 16.3 Å². The molecule has 0 aliphatic rings. The van der Waals surface area contributed by atoms with Gasteiger partial charge in [-0.05, 0) is 50.1 Å². The summed E-state index contributed by atoms with van der Waals surface area (Å²) in [6, 6.07) is 7.33. The second kappa shape index (κ2) is 5.37. The van der Waals surface area contributed by atoms with Crippen LogP contribution >= 0.6 is 0 Å². The first-order valence-electron chi connectivity index (χ1n) is 6.36. The molecule has 2 rings (SSSR count). The minimum Gasteiger partial charge on any atom is -0.396 e. The number of anilines is 2. The Morgan fingerprint density at radius 1 is 1.05 bits per heavy atom. The summed E-state index contributed by atoms with van der Waals surface area (Å²) >= 11 is 0. The van der Waals surface area contributed by atoms with E-state index in [1.54, 1.807) is 26.0 Å². The lowest BCUT2D eigenvalue weighted by Gasteiger charge is -2.14. The molecule has 0 fully saturated rings. The standard InChI is InChI=1S/C15H17FN2O2S/c1-9-6-10(2)15(11(3)7-9)21(19,20)18-12-4-5-13(16)14(17)8-12/h4-8,18H,17H2,1-3H3. The third kappa shape index (κ3) is 3.16. The molecular formula is C15H17FN2O2S. The van der Waals surface area contributed by atoms with Crippen molar-refractivity contribution < 1.29 is 12.8 Å². The van der Waals surface area contributed by atoms with Crippen molar-refractivity contribution in [3.8, 4) is 0 Å². The lowest BCUT2D eigenvalue weighted by atomic mass is 10.1. The summed E-state index contributed by atoms with van der Waals surface area (Å²) in [6.07, 6.45) is 0. The highest BCUT2D eigenvalue weighted by atomic mass is 32.2. The minimum absolute atomic E-state index is 0.104. The zero-order valence-electron chi connectivity index (χ0n) is 12.1. The van der Waals surface area contributed by atoms with Gasteiger partial charge in [0.1, 0.15) is 5.82 Å². The molecule has 0 saturated carbocycles. The van der Waals surface area contributed by atoms with Crippen molar-refractivity contribution in [1.82, 2.24) is 0 Å². The zero-order valence-corrected chi connectivity index (χ0v) is 12.9. The van der Waals surface area contributed by atoms with E-state index in [4.69, 9.17) is 5.73 Å². The van der Waals surface area contributed by atoms with E-state index in [9.17, 15) is 12.8 Å². The van der Waals surface area contributed by atoms with Gasteiger partial charge in [0.15, 0.2) is 0 Å². The number of benzene rings is 2. The third-order valence-corrected chi connectivity index (χ3v) is 4.81. The largest absolute Gasteiger partial charge is 0.396 e. The van der Waals surface area contributed by atoms with E-state index in [0.29, 0.717) is 11.1 Å². The fraction of sp³-hybridized carbons (Fsp3) is 0.200. The molecule has 2 aromatic rings. The Bertz CT molecular complexity index is 778. The molecule has 0 aliphatic carbocycles. The van der Waals surface area contributed by atoms with Gasteiger partial charge in [-0.25, -0.2) is 12.8 Å². The first-order valence-corrected chi connectivity index (χ1v) is 7.85. The highest BCUT2D eigenvalue weighted by Gasteiger charge is 2.20. The molecule has 21 heavy (non-hydrogen) atoms. The first-order chi connectivity index (χ1) is 9.70. The smallest absolute Gasteiger partial charge is 0.262 e. The highest BCUT2D eigenvalue weighted by molar-refractivity contribution is 7.92. The molecule has 0 atom stereocenters. The van der Waals surface area contributed by atoms with Crippen molar-refractivity contribution in [2.45, 2.75) is 25.7 Å². The molecule has 0 aliphatic heterocycles. The number of nitrogens with two attached hydrogens (primary N) is 1. The Balaban J connectivity index is 2.46. The number of sulfonamides is 1. The quantitative estimate of drug-likeness (QED) is 0.856. The van der Waals surface area contributed by atoms with E-state index in [0.717, 1.165) is 11.6 Å². The Hall–Kier alpha value is -2.08. The van der Waals surface area contributed by atoms with Crippen molar-refractivity contribution in [3.05, 3.63) is 52.8 Å². The fourth-order valence-corrected chi connectivity index (χ4v) is 3.91. The number of hydrogen-bond acceptors (Lipinski definition) is 3. The number of aryl methyl sites for hydroxylation is 3. The summed E-state index contributed by atoms with van der Waals surface area (Å²) in [4.78, 5) is 0.232. The van der Waals surface area contributed by atoms with Crippen molar-refractivity contribution in [2.24, 2.45) is 0 Å². The van der Waals surface area contributed by atoms with E-state index >= 15 is 0 Å². The van der Waals surface area contributed by atoms with E-state index < -0.39 is 15.8 Å². The zero-order chi connectivity index (χ0) is 15.8. The maximum atomic E-state index is 13.1. The normalized spacial score (nSPS) is 11.4. The van der Waals surface area contributed by atoms with Gasteiger partial charge in [0.2, 0.25) is 0 Å². The number of hydrogen-bond donors (Lipinski definition) is 2. The third-order valence-electron chi connectivity index (χ3n) is 3.12. The van der Waals surface area contributed by atoms with Crippen molar-refractivity contribution in [3.63, 3.8) is 0 Å². The number of nitrogen functional groups attached to an aromatic ring is 1. The Labute approximate surface area is 123 Å². The van der Waals surface area contributed by atoms with Crippen LogP contribution in [0, 0.1) is 26.6 Å². The van der Waals surface area contributed by atoms with Gasteiger partial charge in [-0.3, -0.25) is 4.72 Å². The predicted octanol–water partition coefficient (Wildman–Crippen LogP) is 3.13. The molecule has 0 bridgehead atoms. The van der Waals surface area contributed by atoms with E-state index in [1.165, 1.54) is 12.1 Å². The van der Waals surface area contributed by atoms with Crippen LogP contribution in [0.1, 0.15) is 16.7 Å². The Morgan fingerprint density at radius 3 is 2.14 bits per heavy atom. The summed E-state index contributed by atoms with van der Waals surface area (Å²) in [5, 5.41) is 0. The molecule has 0 heterocycles. The van der Waals surface area contributed by atoms with Gasteiger partial charge in [-0.2, -0.15) is 0 Å². The Morgan fingerprint density at radius 2 is 1.62 bits per heavy atom. The summed E-state index contributed by atoms with van der Waals surface area (Å²) < 4.78 is 40.6. The topological polar surface area (TPSA) is 72.2 Å². The molecule has 2 aromatic carbocycles. The average Bonchev–Trinajstić information content (AvgIpc) is 2.31. The van der Waals surface area contributed by atoms with Crippen LogP contribution in [0.5, 0.6) is 0 Å². The van der Waals surface area contributed by atoms with Gasteiger partial charge in [-0.15, -0.1) is 0 Å². The molecule has 0 saturated heterocycles. The van der Waals surface area contributed by atoms with E-state index in [1.807, 2.05) is 6.92 Å². The van der Waals surface area contributed by atoms with Crippen LogP contribution in [0.4, 0.5) is 15.8 Å². The second-order valence-electron chi connectivity index (χ2n) is 5.07. The van der Waals surface area contributed by atoms with Crippen LogP contribution in [0.15, 0.2) is 35.2 Å². The monoisotopic (exact) mass is 308 g/mol. The Kier molecular flexibility index (Phi) is 3.91. The molecule has 4 nitrogen and oxygen atoms in total. The molecule has 0 amide bonds. The molecule has 0 aromatic heterocycles. The number of halogens is 1. The molecule has 0 unspecified atom stereocenters. The highest BCUT2D eigenvalue weighted by Crippen LogP contribution is 2.25. The summed E-state index contributed by atoms with van der Waals surface area (Å²) in [6.45, 7) is 5.39. The average molecular weight is 308 g/mol. The molecule has 0 spiro atoms. The lowest BCUT2D eigenvalue weighted by molar-refractivity contribution is 0.600. The van der Waals surface area contributed by atoms with Crippen LogP contribution in [0.25, 0.3) is 0 Å². The van der Waals surface area contributed by atoms with Gasteiger partial charge in [0.05, 0.1) is 16.3 Å². The van der Waals surface area contributed by atoms with Gasteiger partial charge in [0, 0.05) is 0 Å². The van der Waals surface area contributed by atoms with Crippen LogP contribution in [-0.4, -0.2) is 8.42 Å². The minimum atomic E-state index is -3.75. The van der Waals surface area contributed by atoms with Crippen molar-refractivity contribution >= 4 is 21.4 Å². The summed E-state index contributed by atoms with van der Waals surface area (Å²) in [5.74, 6) is -0.583. The second-order valence-corrected chi connectivity index (χ2v) is 6.69. The molecular weight excluding hydrogens is 291 g/mol. The summed E-state index contributed by atoms with van der Waals surface area (Å²) in [7, 11) is -3.75. The molecule has 6 heteroatoms. The van der Waals surface area contributed by atoms with E-state index in [2.05, 4.69) is 4.72 Å². The fourth-order valence-electron chi connectivity index (χ4n) is 2.40. The van der Waals surface area contributed by atoms with Crippen LogP contribution in [-0.2, 0) is 10.0 Å². The van der Waals surface area contributed by atoms with Crippen LogP contribution in [0.2, 0.25) is 0 Å². The van der Waals surface area contributed by atoms with Gasteiger partial charge < -0.3 is 5.73 Å². The van der Waals surface area contributed by atoms with Crippen LogP contribution in [0.3, 0.4) is 0 Å². The maximum absolute atomic E-state index is 13.1. The van der Waals surface area contributed by atoms with Crippen LogP contribution < -0.4 is 10.5 Å². The van der Waals surface area contributed by atoms with Gasteiger partial charge in [-0.1, -0.05) is 17.7 Å². The van der Waals surface area contributed by atoms with Gasteiger partial charge in [0.25, 0.3) is 10.0 Å². The maximum Gasteiger partial charge on any atom is 0.262 e. The molecule has 112 valence electrons. The van der Waals surface area contributed by atoms with Crippen molar-refractivity contribution in [2.75, 3.05) is 10.5 Å². The predicted molar refractivity (Wildman–Crippen MR) is 82.3 cm³/mol.